The van der Waals surface area contributed by atoms with Gasteiger partial charge in [0.05, 0.1) is 18.2 Å². The van der Waals surface area contributed by atoms with Crippen LogP contribution in [-0.2, 0) is 4.74 Å². The maximum absolute atomic E-state index is 8.68. The molecule has 1 atom stereocenters. The predicted octanol–water partition coefficient (Wildman–Crippen LogP) is 4.76. The number of methoxy groups -OCH3 is 1. The van der Waals surface area contributed by atoms with Crippen LogP contribution in [0.4, 0.5) is 0 Å². The fourth-order valence-electron chi connectivity index (χ4n) is 2.30. The highest BCUT2D eigenvalue weighted by molar-refractivity contribution is 7.80. The Morgan fingerprint density at radius 1 is 1.03 bits per heavy atom. The van der Waals surface area contributed by atoms with Gasteiger partial charge in [0, 0.05) is 37.7 Å². The normalized spacial score (nSPS) is 10.2. The molecule has 2 aromatic carbocycles. The summed E-state index contributed by atoms with van der Waals surface area (Å²) < 4.78 is 4.90. The van der Waals surface area contributed by atoms with Crippen LogP contribution in [0.3, 0.4) is 0 Å². The van der Waals surface area contributed by atoms with Gasteiger partial charge in [0.2, 0.25) is 0 Å². The number of rotatable bonds is 8. The summed E-state index contributed by atoms with van der Waals surface area (Å²) in [6, 6.07) is 18.1. The highest BCUT2D eigenvalue weighted by Crippen LogP contribution is 2.21. The van der Waals surface area contributed by atoms with Crippen LogP contribution < -0.4 is 10.6 Å². The molecular formula is C25H41N3O2S. The highest BCUT2D eigenvalue weighted by atomic mass is 32.1. The lowest BCUT2D eigenvalue weighted by Gasteiger charge is -2.12. The Labute approximate surface area is 195 Å². The quantitative estimate of drug-likeness (QED) is 0.347. The molecule has 0 spiro atoms. The van der Waals surface area contributed by atoms with Crippen LogP contribution in [0.2, 0.25) is 0 Å². The number of benzene rings is 2. The molecule has 0 unspecified atom stereocenters. The van der Waals surface area contributed by atoms with Crippen LogP contribution >= 0.6 is 12.6 Å². The van der Waals surface area contributed by atoms with Crippen molar-refractivity contribution in [1.82, 2.24) is 10.6 Å². The second-order valence-corrected chi connectivity index (χ2v) is 6.72. The van der Waals surface area contributed by atoms with E-state index in [9.17, 15) is 0 Å². The summed E-state index contributed by atoms with van der Waals surface area (Å²) >= 11 is 4.23. The van der Waals surface area contributed by atoms with Crippen LogP contribution in [0.1, 0.15) is 40.2 Å². The summed E-state index contributed by atoms with van der Waals surface area (Å²) in [5, 5.41) is 22.8. The molecule has 174 valence electrons. The number of nitrogens with zero attached hydrogens (tertiary/aromatic N) is 1. The average molecular weight is 448 g/mol. The zero-order chi connectivity index (χ0) is 23.9. The van der Waals surface area contributed by atoms with Gasteiger partial charge < -0.3 is 20.5 Å². The lowest BCUT2D eigenvalue weighted by atomic mass is 10.0. The van der Waals surface area contributed by atoms with Gasteiger partial charge in [-0.05, 0) is 55.8 Å². The summed E-state index contributed by atoms with van der Waals surface area (Å²) in [5.41, 5.74) is 2.93. The Kier molecular flexibility index (Phi) is 23.0. The third-order valence-corrected chi connectivity index (χ3v) is 4.00. The number of hydrogen-bond donors (Lipinski definition) is 4. The van der Waals surface area contributed by atoms with Gasteiger partial charge in [0.1, 0.15) is 0 Å². The number of ether oxygens (including phenoxy) is 1. The number of aliphatic hydroxyl groups excluding tert-OH is 1. The minimum atomic E-state index is 0.250. The zero-order valence-electron chi connectivity index (χ0n) is 20.0. The van der Waals surface area contributed by atoms with Crippen molar-refractivity contribution in [3.05, 3.63) is 54.1 Å². The molecule has 2 rings (SSSR count). The minimum absolute atomic E-state index is 0.250. The molecule has 0 aromatic heterocycles. The van der Waals surface area contributed by atoms with Crippen LogP contribution in [0, 0.1) is 11.3 Å². The summed E-state index contributed by atoms with van der Waals surface area (Å²) in [6.07, 6.45) is 0. The van der Waals surface area contributed by atoms with E-state index in [2.05, 4.69) is 43.2 Å². The predicted molar refractivity (Wildman–Crippen MR) is 136 cm³/mol. The van der Waals surface area contributed by atoms with Crippen molar-refractivity contribution in [2.24, 2.45) is 0 Å². The molecule has 0 radical (unpaired) electrons. The molecule has 2 aromatic rings. The fraction of sp³-hybridized carbons (Fsp3) is 0.480. The van der Waals surface area contributed by atoms with E-state index in [0.717, 1.165) is 42.3 Å². The molecule has 0 aliphatic carbocycles. The summed E-state index contributed by atoms with van der Waals surface area (Å²) in [5.74, 6) is 0. The number of thiol groups is 1. The third-order valence-electron chi connectivity index (χ3n) is 3.70. The van der Waals surface area contributed by atoms with Gasteiger partial charge in [-0.15, -0.1) is 12.6 Å². The standard InChI is InChI=1S/C13H9NS.C8H20N2O.C2H6O.C2H6/c14-9-10-1-3-11(4-2-10)12-5-7-13(15)8-6-12;1-4-10-8(2)7-9-5-6-11-3;1-2-3;1-2/h1-8,15H;8-10H,4-7H2,1-3H3;3H,2H2,1H3;1-2H3/t;8-;;/m.1../s1. The van der Waals surface area contributed by atoms with Crippen molar-refractivity contribution in [2.75, 3.05) is 40.0 Å². The SMILES string of the molecule is CC.CCN[C@H](C)CNCCOC.CCO.N#Cc1ccc(-c2ccc(S)cc2)cc1. The molecular weight excluding hydrogens is 406 g/mol. The van der Waals surface area contributed by atoms with Crippen molar-refractivity contribution in [2.45, 2.75) is 45.6 Å². The van der Waals surface area contributed by atoms with E-state index in [4.69, 9.17) is 15.1 Å². The summed E-state index contributed by atoms with van der Waals surface area (Å²) in [6.45, 7) is 14.0. The van der Waals surface area contributed by atoms with Gasteiger partial charge in [-0.2, -0.15) is 5.26 Å². The van der Waals surface area contributed by atoms with Gasteiger partial charge in [0.15, 0.2) is 0 Å². The van der Waals surface area contributed by atoms with E-state index in [1.807, 2.05) is 62.4 Å². The molecule has 0 aliphatic rings. The smallest absolute Gasteiger partial charge is 0.0991 e. The van der Waals surface area contributed by atoms with Crippen LogP contribution in [-0.4, -0.2) is 51.1 Å². The second-order valence-electron chi connectivity index (χ2n) is 6.21. The molecule has 5 nitrogen and oxygen atoms in total. The first-order valence-corrected chi connectivity index (χ1v) is 11.3. The minimum Gasteiger partial charge on any atom is -0.397 e. The maximum atomic E-state index is 8.68. The van der Waals surface area contributed by atoms with Crippen LogP contribution in [0.25, 0.3) is 11.1 Å². The number of aliphatic hydroxyl groups is 1. The second kappa shape index (κ2) is 22.8. The molecule has 0 amide bonds. The molecule has 0 fully saturated rings. The Balaban J connectivity index is 0. The molecule has 0 saturated carbocycles. The van der Waals surface area contributed by atoms with Crippen LogP contribution in [0.15, 0.2) is 53.4 Å². The highest BCUT2D eigenvalue weighted by Gasteiger charge is 1.97. The molecule has 0 heterocycles. The first-order valence-electron chi connectivity index (χ1n) is 10.9. The van der Waals surface area contributed by atoms with E-state index in [1.165, 1.54) is 0 Å². The average Bonchev–Trinajstić information content (AvgIpc) is 2.80. The zero-order valence-corrected chi connectivity index (χ0v) is 20.9. The fourth-order valence-corrected chi connectivity index (χ4v) is 2.45. The lowest BCUT2D eigenvalue weighted by molar-refractivity contribution is 0.198. The first-order chi connectivity index (χ1) is 15.0. The molecule has 6 heteroatoms. The monoisotopic (exact) mass is 447 g/mol. The van der Waals surface area contributed by atoms with E-state index < -0.39 is 0 Å². The van der Waals surface area contributed by atoms with Gasteiger partial charge >= 0.3 is 0 Å². The van der Waals surface area contributed by atoms with E-state index in [0.29, 0.717) is 11.6 Å². The maximum Gasteiger partial charge on any atom is 0.0991 e. The third kappa shape index (κ3) is 17.5. The van der Waals surface area contributed by atoms with Crippen molar-refractivity contribution in [3.8, 4) is 17.2 Å². The van der Waals surface area contributed by atoms with E-state index in [-0.39, 0.29) is 6.61 Å². The Bertz CT molecular complexity index is 671. The van der Waals surface area contributed by atoms with Gasteiger partial charge in [-0.3, -0.25) is 0 Å². The topological polar surface area (TPSA) is 77.3 Å². The Hall–Kier alpha value is -1.88. The van der Waals surface area contributed by atoms with Crippen LogP contribution in [0.5, 0.6) is 0 Å². The van der Waals surface area contributed by atoms with Crippen molar-refractivity contribution in [3.63, 3.8) is 0 Å². The molecule has 0 aliphatic heterocycles. The van der Waals surface area contributed by atoms with Crippen molar-refractivity contribution < 1.29 is 9.84 Å². The molecule has 0 saturated heterocycles. The molecule has 3 N–H and O–H groups in total. The van der Waals surface area contributed by atoms with E-state index in [1.54, 1.807) is 14.0 Å². The number of nitrogens with one attached hydrogen (secondary N) is 2. The van der Waals surface area contributed by atoms with Crippen molar-refractivity contribution in [1.29, 1.82) is 5.26 Å². The number of likely N-dealkylation sites (N-methyl/N-ethyl adjacent to an activating group) is 1. The number of hydrogen-bond acceptors (Lipinski definition) is 6. The Morgan fingerprint density at radius 2 is 1.52 bits per heavy atom. The summed E-state index contributed by atoms with van der Waals surface area (Å²) in [4.78, 5) is 0.951. The van der Waals surface area contributed by atoms with Crippen molar-refractivity contribution >= 4 is 12.6 Å². The van der Waals surface area contributed by atoms with E-state index >= 15 is 0 Å². The lowest BCUT2D eigenvalue weighted by Crippen LogP contribution is -2.37. The largest absolute Gasteiger partial charge is 0.397 e. The first kappa shape index (κ1) is 31.3. The van der Waals surface area contributed by atoms with Gasteiger partial charge in [-0.25, -0.2) is 0 Å². The molecule has 0 bridgehead atoms. The van der Waals surface area contributed by atoms with Gasteiger partial charge in [0.25, 0.3) is 0 Å². The Morgan fingerprint density at radius 3 is 1.94 bits per heavy atom. The molecule has 31 heavy (non-hydrogen) atoms. The number of nitriles is 1. The summed E-state index contributed by atoms with van der Waals surface area (Å²) in [7, 11) is 1.72. The van der Waals surface area contributed by atoms with Gasteiger partial charge in [-0.1, -0.05) is 45.0 Å².